The Balaban J connectivity index is 1.61. The van der Waals surface area contributed by atoms with Crippen LogP contribution in [0.2, 0.25) is 0 Å². The third-order valence-electron chi connectivity index (χ3n) is 4.80. The van der Waals surface area contributed by atoms with Crippen LogP contribution in [0, 0.1) is 11.8 Å². The second-order valence-corrected chi connectivity index (χ2v) is 6.21. The zero-order valence-electron chi connectivity index (χ0n) is 12.0. The van der Waals surface area contributed by atoms with E-state index >= 15 is 0 Å². The lowest BCUT2D eigenvalue weighted by molar-refractivity contribution is 0.289. The lowest BCUT2D eigenvalue weighted by Crippen LogP contribution is -2.26. The average Bonchev–Trinajstić information content (AvgIpc) is 2.48. The minimum absolute atomic E-state index is 0.823. The van der Waals surface area contributed by atoms with E-state index in [1.54, 1.807) is 7.11 Å². The second kappa shape index (κ2) is 5.85. The number of benzene rings is 1. The molecule has 104 valence electrons. The summed E-state index contributed by atoms with van der Waals surface area (Å²) in [6.07, 6.45) is 9.96. The van der Waals surface area contributed by atoms with Crippen molar-refractivity contribution in [3.63, 3.8) is 0 Å². The summed E-state index contributed by atoms with van der Waals surface area (Å²) in [5, 5.41) is 3.60. The van der Waals surface area contributed by atoms with E-state index in [2.05, 4.69) is 23.5 Å². The number of nitrogens with one attached hydrogen (secondary N) is 1. The van der Waals surface area contributed by atoms with Crippen molar-refractivity contribution in [1.82, 2.24) is 0 Å². The van der Waals surface area contributed by atoms with Gasteiger partial charge in [0.25, 0.3) is 0 Å². The van der Waals surface area contributed by atoms with Gasteiger partial charge in [0.05, 0.1) is 7.11 Å². The Hall–Kier alpha value is -1.18. The van der Waals surface area contributed by atoms with E-state index in [1.165, 1.54) is 56.2 Å². The SMILES string of the molecule is COc1ccc2c(c1)NCC(CC1CCCCC1)C2. The number of rotatable bonds is 3. The molecule has 0 bridgehead atoms. The molecule has 2 aliphatic rings. The molecule has 1 aliphatic heterocycles. The number of hydrogen-bond donors (Lipinski definition) is 1. The van der Waals surface area contributed by atoms with Crippen molar-refractivity contribution in [2.24, 2.45) is 11.8 Å². The summed E-state index contributed by atoms with van der Waals surface area (Å²) in [4.78, 5) is 0. The van der Waals surface area contributed by atoms with Gasteiger partial charge in [0, 0.05) is 18.3 Å². The fraction of sp³-hybridized carbons (Fsp3) is 0.647. The standard InChI is InChI=1S/C17H25NO/c1-19-16-8-7-15-10-14(12-18-17(15)11-16)9-13-5-3-2-4-6-13/h7-8,11,13-14,18H,2-6,9-10,12H2,1H3. The van der Waals surface area contributed by atoms with E-state index in [4.69, 9.17) is 4.74 Å². The molecular weight excluding hydrogens is 234 g/mol. The van der Waals surface area contributed by atoms with Gasteiger partial charge in [-0.3, -0.25) is 0 Å². The smallest absolute Gasteiger partial charge is 0.120 e. The zero-order chi connectivity index (χ0) is 13.1. The topological polar surface area (TPSA) is 21.3 Å². The summed E-state index contributed by atoms with van der Waals surface area (Å²) in [5.41, 5.74) is 2.74. The molecule has 19 heavy (non-hydrogen) atoms. The normalized spacial score (nSPS) is 23.5. The van der Waals surface area contributed by atoms with Gasteiger partial charge < -0.3 is 10.1 Å². The number of fused-ring (bicyclic) bond motifs is 1. The van der Waals surface area contributed by atoms with Crippen LogP contribution < -0.4 is 10.1 Å². The summed E-state index contributed by atoms with van der Waals surface area (Å²) in [7, 11) is 1.73. The zero-order valence-corrected chi connectivity index (χ0v) is 12.0. The predicted molar refractivity (Wildman–Crippen MR) is 79.9 cm³/mol. The quantitative estimate of drug-likeness (QED) is 0.876. The van der Waals surface area contributed by atoms with Crippen LogP contribution in [-0.4, -0.2) is 13.7 Å². The highest BCUT2D eigenvalue weighted by Crippen LogP contribution is 2.34. The molecule has 0 amide bonds. The highest BCUT2D eigenvalue weighted by Gasteiger charge is 2.23. The Morgan fingerprint density at radius 3 is 2.79 bits per heavy atom. The summed E-state index contributed by atoms with van der Waals surface area (Å²) >= 11 is 0. The van der Waals surface area contributed by atoms with Crippen molar-refractivity contribution < 1.29 is 4.74 Å². The monoisotopic (exact) mass is 259 g/mol. The molecule has 1 saturated carbocycles. The second-order valence-electron chi connectivity index (χ2n) is 6.21. The molecular formula is C17H25NO. The van der Waals surface area contributed by atoms with Crippen LogP contribution in [0.15, 0.2) is 18.2 Å². The molecule has 1 heterocycles. The van der Waals surface area contributed by atoms with Crippen LogP contribution in [0.3, 0.4) is 0 Å². The minimum atomic E-state index is 0.823. The van der Waals surface area contributed by atoms with Gasteiger partial charge >= 0.3 is 0 Å². The van der Waals surface area contributed by atoms with Gasteiger partial charge in [0.2, 0.25) is 0 Å². The third-order valence-corrected chi connectivity index (χ3v) is 4.80. The minimum Gasteiger partial charge on any atom is -0.497 e. The van der Waals surface area contributed by atoms with E-state index in [9.17, 15) is 0 Å². The summed E-state index contributed by atoms with van der Waals surface area (Å²) in [6.45, 7) is 1.14. The Morgan fingerprint density at radius 1 is 1.16 bits per heavy atom. The summed E-state index contributed by atoms with van der Waals surface area (Å²) < 4.78 is 5.29. The van der Waals surface area contributed by atoms with Crippen LogP contribution in [0.1, 0.15) is 44.1 Å². The lowest BCUT2D eigenvalue weighted by atomic mass is 9.80. The molecule has 0 aromatic heterocycles. The molecule has 2 heteroatoms. The maximum absolute atomic E-state index is 5.29. The van der Waals surface area contributed by atoms with Gasteiger partial charge in [-0.25, -0.2) is 0 Å². The lowest BCUT2D eigenvalue weighted by Gasteiger charge is -2.31. The molecule has 0 radical (unpaired) electrons. The molecule has 0 saturated heterocycles. The van der Waals surface area contributed by atoms with Gasteiger partial charge in [-0.15, -0.1) is 0 Å². The average molecular weight is 259 g/mol. The first-order valence-electron chi connectivity index (χ1n) is 7.76. The highest BCUT2D eigenvalue weighted by atomic mass is 16.5. The number of ether oxygens (including phenoxy) is 1. The van der Waals surface area contributed by atoms with Crippen molar-refractivity contribution in [2.45, 2.75) is 44.9 Å². The van der Waals surface area contributed by atoms with E-state index < -0.39 is 0 Å². The molecule has 1 unspecified atom stereocenters. The fourth-order valence-electron chi connectivity index (χ4n) is 3.72. The van der Waals surface area contributed by atoms with Crippen molar-refractivity contribution in [1.29, 1.82) is 0 Å². The molecule has 2 nitrogen and oxygen atoms in total. The number of methoxy groups -OCH3 is 1. The fourth-order valence-corrected chi connectivity index (χ4v) is 3.72. The van der Waals surface area contributed by atoms with Gasteiger partial charge in [0.1, 0.15) is 5.75 Å². The van der Waals surface area contributed by atoms with Crippen LogP contribution in [0.5, 0.6) is 5.75 Å². The van der Waals surface area contributed by atoms with E-state index in [0.717, 1.165) is 24.1 Å². The molecule has 3 rings (SSSR count). The summed E-state index contributed by atoms with van der Waals surface area (Å²) in [6, 6.07) is 6.45. The van der Waals surface area contributed by atoms with Crippen LogP contribution in [-0.2, 0) is 6.42 Å². The third kappa shape index (κ3) is 3.05. The first kappa shape index (κ1) is 12.8. The Labute approximate surface area is 116 Å². The molecule has 1 fully saturated rings. The predicted octanol–water partition coefficient (Wildman–Crippen LogP) is 4.25. The maximum Gasteiger partial charge on any atom is 0.120 e. The first-order chi connectivity index (χ1) is 9.35. The maximum atomic E-state index is 5.29. The molecule has 1 aromatic carbocycles. The summed E-state index contributed by atoms with van der Waals surface area (Å²) in [5.74, 6) is 2.77. The first-order valence-corrected chi connectivity index (χ1v) is 7.76. The van der Waals surface area contributed by atoms with E-state index in [1.807, 2.05) is 0 Å². The van der Waals surface area contributed by atoms with Crippen LogP contribution in [0.25, 0.3) is 0 Å². The van der Waals surface area contributed by atoms with Gasteiger partial charge in [-0.1, -0.05) is 38.2 Å². The van der Waals surface area contributed by atoms with Crippen molar-refractivity contribution >= 4 is 5.69 Å². The molecule has 1 aromatic rings. The van der Waals surface area contributed by atoms with Crippen molar-refractivity contribution in [3.05, 3.63) is 23.8 Å². The van der Waals surface area contributed by atoms with Gasteiger partial charge in [0.15, 0.2) is 0 Å². The Morgan fingerprint density at radius 2 is 2.00 bits per heavy atom. The van der Waals surface area contributed by atoms with E-state index in [0.29, 0.717) is 0 Å². The molecule has 1 atom stereocenters. The Bertz CT molecular complexity index is 423. The van der Waals surface area contributed by atoms with Crippen molar-refractivity contribution in [3.8, 4) is 5.75 Å². The molecule has 1 N–H and O–H groups in total. The molecule has 0 spiro atoms. The van der Waals surface area contributed by atoms with Crippen LogP contribution in [0.4, 0.5) is 5.69 Å². The number of anilines is 1. The van der Waals surface area contributed by atoms with Crippen molar-refractivity contribution in [2.75, 3.05) is 19.0 Å². The van der Waals surface area contributed by atoms with E-state index in [-0.39, 0.29) is 0 Å². The van der Waals surface area contributed by atoms with Gasteiger partial charge in [-0.05, 0) is 36.3 Å². The highest BCUT2D eigenvalue weighted by molar-refractivity contribution is 5.56. The number of hydrogen-bond acceptors (Lipinski definition) is 2. The Kier molecular flexibility index (Phi) is 3.95. The molecule has 1 aliphatic carbocycles. The largest absolute Gasteiger partial charge is 0.497 e. The van der Waals surface area contributed by atoms with Gasteiger partial charge in [-0.2, -0.15) is 0 Å². The van der Waals surface area contributed by atoms with Crippen LogP contribution >= 0.6 is 0 Å².